The van der Waals surface area contributed by atoms with Crippen molar-refractivity contribution < 1.29 is 0 Å². The third-order valence-corrected chi connectivity index (χ3v) is 13.6. The van der Waals surface area contributed by atoms with E-state index in [9.17, 15) is 0 Å². The van der Waals surface area contributed by atoms with Crippen LogP contribution in [0.5, 0.6) is 0 Å². The molecule has 66 heavy (non-hydrogen) atoms. The van der Waals surface area contributed by atoms with Crippen LogP contribution in [0.4, 0.5) is 17.1 Å². The average Bonchev–Trinajstić information content (AvgIpc) is 3.71. The van der Waals surface area contributed by atoms with E-state index in [0.29, 0.717) is 0 Å². The molecule has 0 saturated heterocycles. The predicted molar refractivity (Wildman–Crippen MR) is 278 cm³/mol. The van der Waals surface area contributed by atoms with E-state index >= 15 is 0 Å². The van der Waals surface area contributed by atoms with Gasteiger partial charge in [0, 0.05) is 16.7 Å². The number of benzene rings is 11. The topological polar surface area (TPSA) is 3.24 Å². The van der Waals surface area contributed by atoms with E-state index in [-0.39, 0.29) is 0 Å². The Morgan fingerprint density at radius 3 is 1.30 bits per heavy atom. The van der Waals surface area contributed by atoms with Crippen molar-refractivity contribution in [2.45, 2.75) is 5.41 Å². The summed E-state index contributed by atoms with van der Waals surface area (Å²) in [4.78, 5) is 2.56. The fourth-order valence-corrected chi connectivity index (χ4v) is 10.8. The molecule has 11 aromatic carbocycles. The highest BCUT2D eigenvalue weighted by Gasteiger charge is 2.47. The van der Waals surface area contributed by atoms with Crippen LogP contribution < -0.4 is 4.90 Å². The number of hydrogen-bond donors (Lipinski definition) is 0. The number of nitrogens with zero attached hydrogens (tertiary/aromatic N) is 1. The predicted octanol–water partition coefficient (Wildman–Crippen LogP) is 17.3. The summed E-state index contributed by atoms with van der Waals surface area (Å²) in [6.45, 7) is 0. The molecule has 0 radical (unpaired) electrons. The first kappa shape index (κ1) is 39.1. The Hall–Kier alpha value is -8.52. The van der Waals surface area contributed by atoms with Crippen molar-refractivity contribution >= 4 is 27.8 Å². The highest BCUT2D eigenvalue weighted by atomic mass is 15.2. The lowest BCUT2D eigenvalue weighted by molar-refractivity contribution is 0.768. The fourth-order valence-electron chi connectivity index (χ4n) is 10.8. The highest BCUT2D eigenvalue weighted by molar-refractivity contribution is 6.10. The third-order valence-electron chi connectivity index (χ3n) is 13.6. The first-order chi connectivity index (χ1) is 32.8. The zero-order chi connectivity index (χ0) is 43.9. The Kier molecular flexibility index (Phi) is 9.81. The van der Waals surface area contributed by atoms with Gasteiger partial charge in [-0.1, -0.05) is 255 Å². The number of rotatable bonds is 9. The van der Waals surface area contributed by atoms with Gasteiger partial charge in [0.05, 0.1) is 22.5 Å². The fraction of sp³-hybridized carbons (Fsp3) is 0.0154. The van der Waals surface area contributed by atoms with E-state index < -0.39 is 5.41 Å². The van der Waals surface area contributed by atoms with Gasteiger partial charge in [0.25, 0.3) is 0 Å². The average molecular weight is 840 g/mol. The molecule has 1 aliphatic carbocycles. The van der Waals surface area contributed by atoms with E-state index in [1.54, 1.807) is 0 Å². The normalized spacial score (nSPS) is 12.4. The van der Waals surface area contributed by atoms with Crippen LogP contribution in [-0.4, -0.2) is 0 Å². The van der Waals surface area contributed by atoms with Gasteiger partial charge in [0.15, 0.2) is 0 Å². The molecular formula is C65H45N. The maximum Gasteiger partial charge on any atom is 0.0714 e. The van der Waals surface area contributed by atoms with Gasteiger partial charge in [-0.2, -0.15) is 0 Å². The summed E-state index contributed by atoms with van der Waals surface area (Å²) in [6.07, 6.45) is 0. The lowest BCUT2D eigenvalue weighted by Gasteiger charge is -2.35. The molecular weight excluding hydrogens is 795 g/mol. The third kappa shape index (κ3) is 6.39. The smallest absolute Gasteiger partial charge is 0.0714 e. The van der Waals surface area contributed by atoms with E-state index in [2.05, 4.69) is 278 Å². The van der Waals surface area contributed by atoms with Crippen LogP contribution in [0, 0.1) is 0 Å². The Morgan fingerprint density at radius 2 is 0.652 bits per heavy atom. The Bertz CT molecular complexity index is 3460. The van der Waals surface area contributed by atoms with Crippen LogP contribution >= 0.6 is 0 Å². The van der Waals surface area contributed by atoms with Crippen molar-refractivity contribution in [1.29, 1.82) is 0 Å². The lowest BCUT2D eigenvalue weighted by atomic mass is 9.68. The standard InChI is InChI=1S/C65H45N/c1-5-22-46(23-6-1)47-42-44-49(45-43-47)53-32-14-17-39-60(53)66(61-40-18-15-33-55(61)56-36-20-27-50-26-19-35-54(63(50)56)48-24-7-2-8-25-48)62-41-21-38-59-64(62)57-34-13-16-37-58(57)65(59,51-28-9-3-10-29-51)52-30-11-4-12-31-52/h1-45H. The summed E-state index contributed by atoms with van der Waals surface area (Å²) in [6, 6.07) is 100. The van der Waals surface area contributed by atoms with E-state index in [0.717, 1.165) is 33.8 Å². The Morgan fingerprint density at radius 1 is 0.242 bits per heavy atom. The molecule has 11 aromatic rings. The maximum atomic E-state index is 2.56. The molecule has 0 N–H and O–H groups in total. The quantitative estimate of drug-likeness (QED) is 0.140. The Labute approximate surface area is 387 Å². The van der Waals surface area contributed by atoms with E-state index in [1.165, 1.54) is 72.0 Å². The summed E-state index contributed by atoms with van der Waals surface area (Å²) in [7, 11) is 0. The molecule has 1 aliphatic rings. The van der Waals surface area contributed by atoms with Crippen molar-refractivity contribution in [2.24, 2.45) is 0 Å². The first-order valence-electron chi connectivity index (χ1n) is 22.8. The second-order valence-corrected chi connectivity index (χ2v) is 17.1. The van der Waals surface area contributed by atoms with Crippen LogP contribution in [0.15, 0.2) is 273 Å². The molecule has 1 nitrogen and oxygen atoms in total. The molecule has 310 valence electrons. The van der Waals surface area contributed by atoms with Gasteiger partial charge in [-0.05, 0) is 90.2 Å². The Balaban J connectivity index is 1.16. The first-order valence-corrected chi connectivity index (χ1v) is 22.8. The minimum Gasteiger partial charge on any atom is -0.309 e. The number of hydrogen-bond acceptors (Lipinski definition) is 1. The number of fused-ring (bicyclic) bond motifs is 4. The van der Waals surface area contributed by atoms with Crippen molar-refractivity contribution in [2.75, 3.05) is 4.90 Å². The SMILES string of the molecule is c1ccc(-c2ccc(-c3ccccc3N(c3ccccc3-c3cccc4cccc(-c5ccccc5)c34)c3cccc4c3-c3ccccc3C4(c3ccccc3)c3ccccc3)cc2)cc1. The molecule has 1 heteroatoms. The minimum atomic E-state index is -0.553. The van der Waals surface area contributed by atoms with Gasteiger partial charge in [-0.3, -0.25) is 0 Å². The molecule has 0 amide bonds. The largest absolute Gasteiger partial charge is 0.309 e. The molecule has 0 bridgehead atoms. The van der Waals surface area contributed by atoms with E-state index in [1.807, 2.05) is 0 Å². The van der Waals surface area contributed by atoms with Gasteiger partial charge in [-0.25, -0.2) is 0 Å². The van der Waals surface area contributed by atoms with Crippen LogP contribution in [0.1, 0.15) is 22.3 Å². The van der Waals surface area contributed by atoms with Crippen LogP contribution in [-0.2, 0) is 5.41 Å². The molecule has 0 unspecified atom stereocenters. The number of para-hydroxylation sites is 2. The van der Waals surface area contributed by atoms with Crippen LogP contribution in [0.2, 0.25) is 0 Å². The van der Waals surface area contributed by atoms with Gasteiger partial charge >= 0.3 is 0 Å². The second-order valence-electron chi connectivity index (χ2n) is 17.1. The molecule has 0 spiro atoms. The van der Waals surface area contributed by atoms with Crippen molar-refractivity contribution in [3.05, 3.63) is 295 Å². The minimum absolute atomic E-state index is 0.553. The molecule has 0 aromatic heterocycles. The highest BCUT2D eigenvalue weighted by Crippen LogP contribution is 2.60. The van der Waals surface area contributed by atoms with Gasteiger partial charge < -0.3 is 4.90 Å². The zero-order valence-electron chi connectivity index (χ0n) is 36.4. The summed E-state index contributed by atoms with van der Waals surface area (Å²) < 4.78 is 0. The number of anilines is 3. The van der Waals surface area contributed by atoms with Crippen molar-refractivity contribution in [3.8, 4) is 55.6 Å². The maximum absolute atomic E-state index is 2.56. The molecule has 0 heterocycles. The van der Waals surface area contributed by atoms with Gasteiger partial charge in [-0.15, -0.1) is 0 Å². The van der Waals surface area contributed by atoms with E-state index in [4.69, 9.17) is 0 Å². The zero-order valence-corrected chi connectivity index (χ0v) is 36.4. The van der Waals surface area contributed by atoms with Crippen LogP contribution in [0.3, 0.4) is 0 Å². The lowest BCUT2D eigenvalue weighted by Crippen LogP contribution is -2.28. The van der Waals surface area contributed by atoms with Crippen molar-refractivity contribution in [3.63, 3.8) is 0 Å². The molecule has 0 aliphatic heterocycles. The molecule has 0 atom stereocenters. The summed E-state index contributed by atoms with van der Waals surface area (Å²) in [5.74, 6) is 0. The molecule has 0 saturated carbocycles. The van der Waals surface area contributed by atoms with Crippen molar-refractivity contribution in [1.82, 2.24) is 0 Å². The molecule has 0 fully saturated rings. The van der Waals surface area contributed by atoms with Gasteiger partial charge in [0.2, 0.25) is 0 Å². The second kappa shape index (κ2) is 16.6. The summed E-state index contributed by atoms with van der Waals surface area (Å²) >= 11 is 0. The summed E-state index contributed by atoms with van der Waals surface area (Å²) in [5, 5.41) is 2.44. The monoisotopic (exact) mass is 839 g/mol. The van der Waals surface area contributed by atoms with Crippen LogP contribution in [0.25, 0.3) is 66.4 Å². The summed E-state index contributed by atoms with van der Waals surface area (Å²) in [5.41, 5.74) is 19.7. The van der Waals surface area contributed by atoms with Gasteiger partial charge in [0.1, 0.15) is 0 Å². The molecule has 12 rings (SSSR count).